The van der Waals surface area contributed by atoms with Gasteiger partial charge in [-0.25, -0.2) is 0 Å². The molecular weight excluding hydrogens is 318 g/mol. The van der Waals surface area contributed by atoms with Gasteiger partial charge in [0.1, 0.15) is 0 Å². The molecule has 11 heteroatoms. The van der Waals surface area contributed by atoms with Crippen molar-refractivity contribution < 1.29 is 40.9 Å². The van der Waals surface area contributed by atoms with E-state index in [2.05, 4.69) is 0 Å². The Hall–Kier alpha value is 0.890. The summed E-state index contributed by atoms with van der Waals surface area (Å²) in [6.45, 7) is 0. The zero-order valence-electron chi connectivity index (χ0n) is 10.5. The predicted molar refractivity (Wildman–Crippen MR) is 78.1 cm³/mol. The molecule has 19 heavy (non-hydrogen) atoms. The van der Waals surface area contributed by atoms with Gasteiger partial charge in [-0.3, -0.25) is 0 Å². The van der Waals surface area contributed by atoms with Gasteiger partial charge in [-0.1, -0.05) is 0 Å². The second-order valence-electron chi connectivity index (χ2n) is 4.93. The van der Waals surface area contributed by atoms with Gasteiger partial charge in [0, 0.05) is 0 Å². The molecule has 8 nitrogen and oxygen atoms in total. The molecule has 0 aromatic rings. The van der Waals surface area contributed by atoms with E-state index in [0.29, 0.717) is 11.0 Å². The first kappa shape index (κ1) is 19.9. The van der Waals surface area contributed by atoms with E-state index in [9.17, 15) is 40.9 Å². The summed E-state index contributed by atoms with van der Waals surface area (Å²) in [5, 5.41) is 76.3. The van der Waals surface area contributed by atoms with Crippen molar-refractivity contribution in [2.45, 2.75) is 0 Å². The summed E-state index contributed by atoms with van der Waals surface area (Å²) in [6, 6.07) is 0. The third-order valence-electron chi connectivity index (χ3n) is 3.32. The van der Waals surface area contributed by atoms with Crippen molar-refractivity contribution in [3.63, 3.8) is 0 Å². The van der Waals surface area contributed by atoms with Gasteiger partial charge in [-0.05, 0) is 0 Å². The molecule has 0 radical (unpaired) electrons. The van der Waals surface area contributed by atoms with Crippen LogP contribution in [0.1, 0.15) is 0 Å². The summed E-state index contributed by atoms with van der Waals surface area (Å²) in [7, 11) is 0. The number of rotatable bonds is 10. The Balaban J connectivity index is 5.91. The van der Waals surface area contributed by atoms with Crippen molar-refractivity contribution >= 4 is 22.6 Å². The van der Waals surface area contributed by atoms with Crippen LogP contribution in [0.4, 0.5) is 0 Å². The van der Waals surface area contributed by atoms with Crippen LogP contribution in [0.2, 0.25) is 0 Å². The van der Waals surface area contributed by atoms with Gasteiger partial charge in [-0.2, -0.15) is 0 Å². The molecule has 8 N–H and O–H groups in total. The molecule has 0 atom stereocenters. The van der Waals surface area contributed by atoms with Crippen molar-refractivity contribution in [1.29, 1.82) is 0 Å². The Morgan fingerprint density at radius 3 is 0.684 bits per heavy atom. The maximum absolute atomic E-state index is 9.54. The van der Waals surface area contributed by atoms with E-state index < -0.39 is 62.4 Å². The summed E-state index contributed by atoms with van der Waals surface area (Å²) in [5.41, 5.74) is 0. The Morgan fingerprint density at radius 1 is 0.421 bits per heavy atom. The van der Waals surface area contributed by atoms with E-state index in [4.69, 9.17) is 0 Å². The number of hydrogen-bond acceptors (Lipinski definition) is 9. The normalized spacial score (nSPS) is 17.5. The van der Waals surface area contributed by atoms with Gasteiger partial charge >= 0.3 is 114 Å². The third kappa shape index (κ3) is 3.22. The first-order chi connectivity index (χ1) is 8.82. The molecule has 0 heterocycles. The molecule has 0 rings (SSSR count). The van der Waals surface area contributed by atoms with Crippen LogP contribution in [0.5, 0.6) is 0 Å². The Bertz CT molecular complexity index is 221. The molecule has 0 unspecified atom stereocenters. The molecule has 0 bridgehead atoms. The first-order valence-electron chi connectivity index (χ1n) is 5.42. The molecular formula is C8H24O8P2S. The summed E-state index contributed by atoms with van der Waals surface area (Å²) in [6.07, 6.45) is -5.91. The zero-order chi connectivity index (χ0) is 15.3. The van der Waals surface area contributed by atoms with Crippen LogP contribution in [-0.4, -0.2) is 91.6 Å². The fourth-order valence-corrected chi connectivity index (χ4v) is 24.8. The van der Waals surface area contributed by atoms with Crippen molar-refractivity contribution in [2.24, 2.45) is 0 Å². The summed E-state index contributed by atoms with van der Waals surface area (Å²) >= 11 is 0.641. The van der Waals surface area contributed by atoms with Crippen molar-refractivity contribution in [2.75, 3.05) is 50.8 Å². The van der Waals surface area contributed by atoms with Crippen LogP contribution >= 0.6 is 22.6 Å². The standard InChI is InChI=1S/C8H24O8P2S/c9-1-17(2-10,3-11,4-12)19-18(5-13,6-14,7-15)8-16/h9-16H,1-8H2. The minimum absolute atomic E-state index is 0.641. The monoisotopic (exact) mass is 342 g/mol. The zero-order valence-corrected chi connectivity index (χ0v) is 13.1. The fourth-order valence-electron chi connectivity index (χ4n) is 1.40. The molecule has 0 aliphatic carbocycles. The molecule has 0 aliphatic heterocycles. The van der Waals surface area contributed by atoms with Gasteiger partial charge < -0.3 is 0 Å². The SMILES string of the molecule is OCP(CO)(CO)(CO)SP(CO)(CO)(CO)CO. The molecule has 0 amide bonds. The Morgan fingerprint density at radius 2 is 0.579 bits per heavy atom. The van der Waals surface area contributed by atoms with Gasteiger partial charge in [0.15, 0.2) is 0 Å². The van der Waals surface area contributed by atoms with Crippen molar-refractivity contribution in [3.05, 3.63) is 0 Å². The van der Waals surface area contributed by atoms with Gasteiger partial charge in [0.2, 0.25) is 0 Å². The number of hydrogen-bond donors (Lipinski definition) is 8. The molecule has 0 aromatic carbocycles. The summed E-state index contributed by atoms with van der Waals surface area (Å²) in [5.74, 6) is -7.92. The van der Waals surface area contributed by atoms with E-state index >= 15 is 0 Å². The van der Waals surface area contributed by atoms with E-state index in [1.165, 1.54) is 0 Å². The van der Waals surface area contributed by atoms with Crippen LogP contribution in [0.15, 0.2) is 0 Å². The molecule has 120 valence electrons. The van der Waals surface area contributed by atoms with Crippen LogP contribution in [0, 0.1) is 0 Å². The second-order valence-corrected chi connectivity index (χ2v) is 22.9. The second kappa shape index (κ2) is 6.77. The molecule has 0 aliphatic rings. The summed E-state index contributed by atoms with van der Waals surface area (Å²) < 4.78 is 0. The summed E-state index contributed by atoms with van der Waals surface area (Å²) in [4.78, 5) is 0. The average Bonchev–Trinajstić information content (AvgIpc) is 2.52. The van der Waals surface area contributed by atoms with Gasteiger partial charge in [-0.15, -0.1) is 0 Å². The molecule has 0 fully saturated rings. The average molecular weight is 342 g/mol. The Kier molecular flexibility index (Phi) is 7.08. The molecule has 0 aromatic heterocycles. The number of aliphatic hydroxyl groups is 8. The van der Waals surface area contributed by atoms with Crippen LogP contribution in [0.3, 0.4) is 0 Å². The van der Waals surface area contributed by atoms with Crippen molar-refractivity contribution in [3.8, 4) is 0 Å². The molecule has 0 saturated carbocycles. The molecule has 0 saturated heterocycles. The fraction of sp³-hybridized carbons (Fsp3) is 1.00. The van der Waals surface area contributed by atoms with Crippen LogP contribution in [-0.2, 0) is 0 Å². The minimum atomic E-state index is -3.96. The number of aliphatic hydroxyl groups excluding tert-OH is 8. The predicted octanol–water partition coefficient (Wildman–Crippen LogP) is -1.75. The van der Waals surface area contributed by atoms with Crippen molar-refractivity contribution in [1.82, 2.24) is 0 Å². The van der Waals surface area contributed by atoms with Gasteiger partial charge in [0.05, 0.1) is 0 Å². The van der Waals surface area contributed by atoms with E-state index in [1.54, 1.807) is 0 Å². The van der Waals surface area contributed by atoms with E-state index in [1.807, 2.05) is 0 Å². The topological polar surface area (TPSA) is 162 Å². The van der Waals surface area contributed by atoms with Crippen LogP contribution in [0.25, 0.3) is 0 Å². The maximum atomic E-state index is 9.54. The van der Waals surface area contributed by atoms with Gasteiger partial charge in [0.25, 0.3) is 0 Å². The van der Waals surface area contributed by atoms with Crippen LogP contribution < -0.4 is 0 Å². The third-order valence-corrected chi connectivity index (χ3v) is 23.8. The van der Waals surface area contributed by atoms with E-state index in [-0.39, 0.29) is 0 Å². The molecule has 0 spiro atoms. The quantitative estimate of drug-likeness (QED) is 0.215. The first-order valence-corrected chi connectivity index (χ1v) is 13.4. The Labute approximate surface area is 115 Å². The van der Waals surface area contributed by atoms with E-state index in [0.717, 1.165) is 0 Å².